The minimum absolute atomic E-state index is 0.0446. The molecule has 2 unspecified atom stereocenters. The van der Waals surface area contributed by atoms with Gasteiger partial charge in [-0.2, -0.15) is 0 Å². The third kappa shape index (κ3) is 2.36. The molecule has 0 heterocycles. The fourth-order valence-corrected chi connectivity index (χ4v) is 2.64. The van der Waals surface area contributed by atoms with Crippen molar-refractivity contribution in [1.82, 2.24) is 5.32 Å². The van der Waals surface area contributed by atoms with Crippen molar-refractivity contribution in [2.45, 2.75) is 38.5 Å². The monoisotopic (exact) mass is 225 g/mol. The predicted molar refractivity (Wildman–Crippen MR) is 58.8 cm³/mol. The first-order valence-electron chi connectivity index (χ1n) is 6.19. The molecule has 0 aromatic carbocycles. The largest absolute Gasteiger partial charge is 0.481 e. The van der Waals surface area contributed by atoms with Gasteiger partial charge in [0.25, 0.3) is 0 Å². The Labute approximate surface area is 95.4 Å². The number of hydrogen-bond acceptors (Lipinski definition) is 2. The number of amides is 1. The fourth-order valence-electron chi connectivity index (χ4n) is 2.64. The molecule has 1 amide bonds. The van der Waals surface area contributed by atoms with E-state index in [2.05, 4.69) is 5.32 Å². The molecule has 90 valence electrons. The lowest BCUT2D eigenvalue weighted by Gasteiger charge is -2.26. The SMILES string of the molecule is O=C(O)C1CCCC1C(=O)NCC1CCC1. The summed E-state index contributed by atoms with van der Waals surface area (Å²) in [5.74, 6) is -0.981. The third-order valence-electron chi connectivity index (χ3n) is 3.96. The molecular formula is C12H19NO3. The van der Waals surface area contributed by atoms with Gasteiger partial charge in [0.15, 0.2) is 0 Å². The van der Waals surface area contributed by atoms with E-state index in [1.165, 1.54) is 19.3 Å². The van der Waals surface area contributed by atoms with Gasteiger partial charge < -0.3 is 10.4 Å². The molecule has 4 nitrogen and oxygen atoms in total. The summed E-state index contributed by atoms with van der Waals surface area (Å²) in [7, 11) is 0. The zero-order valence-corrected chi connectivity index (χ0v) is 9.45. The van der Waals surface area contributed by atoms with Crippen molar-refractivity contribution in [1.29, 1.82) is 0 Å². The lowest BCUT2D eigenvalue weighted by molar-refractivity contribution is -0.146. The number of carbonyl (C=O) groups is 2. The summed E-state index contributed by atoms with van der Waals surface area (Å²) >= 11 is 0. The average molecular weight is 225 g/mol. The van der Waals surface area contributed by atoms with Crippen LogP contribution in [0.2, 0.25) is 0 Å². The Morgan fingerprint density at radius 2 is 1.69 bits per heavy atom. The van der Waals surface area contributed by atoms with E-state index in [9.17, 15) is 9.59 Å². The highest BCUT2D eigenvalue weighted by atomic mass is 16.4. The van der Waals surface area contributed by atoms with Gasteiger partial charge in [0.05, 0.1) is 11.8 Å². The standard InChI is InChI=1S/C12H19NO3/c14-11(13-7-8-3-1-4-8)9-5-2-6-10(9)12(15)16/h8-10H,1-7H2,(H,13,14)(H,15,16). The van der Waals surface area contributed by atoms with Crippen molar-refractivity contribution in [2.24, 2.45) is 17.8 Å². The first-order valence-corrected chi connectivity index (χ1v) is 6.19. The number of carboxylic acid groups (broad SMARTS) is 1. The summed E-state index contributed by atoms with van der Waals surface area (Å²) in [6, 6.07) is 0. The van der Waals surface area contributed by atoms with Gasteiger partial charge in [0.1, 0.15) is 0 Å². The second-order valence-corrected chi connectivity index (χ2v) is 5.02. The Bertz CT molecular complexity index is 286. The van der Waals surface area contributed by atoms with Gasteiger partial charge in [0, 0.05) is 6.54 Å². The maximum atomic E-state index is 11.8. The number of nitrogens with one attached hydrogen (secondary N) is 1. The number of aliphatic carboxylic acids is 1. The summed E-state index contributed by atoms with van der Waals surface area (Å²) in [4.78, 5) is 22.8. The minimum Gasteiger partial charge on any atom is -0.481 e. The number of hydrogen-bond donors (Lipinski definition) is 2. The van der Waals surface area contributed by atoms with Crippen LogP contribution >= 0.6 is 0 Å². The molecule has 0 aromatic heterocycles. The van der Waals surface area contributed by atoms with Gasteiger partial charge >= 0.3 is 5.97 Å². The third-order valence-corrected chi connectivity index (χ3v) is 3.96. The minimum atomic E-state index is -0.818. The highest BCUT2D eigenvalue weighted by molar-refractivity contribution is 5.85. The van der Waals surface area contributed by atoms with Crippen molar-refractivity contribution in [3.05, 3.63) is 0 Å². The Morgan fingerprint density at radius 3 is 2.25 bits per heavy atom. The van der Waals surface area contributed by atoms with E-state index < -0.39 is 11.9 Å². The maximum Gasteiger partial charge on any atom is 0.307 e. The Morgan fingerprint density at radius 1 is 1.06 bits per heavy atom. The second kappa shape index (κ2) is 4.85. The van der Waals surface area contributed by atoms with Crippen LogP contribution in [0.4, 0.5) is 0 Å². The van der Waals surface area contributed by atoms with Crippen LogP contribution in [0.3, 0.4) is 0 Å². The van der Waals surface area contributed by atoms with E-state index in [1.807, 2.05) is 0 Å². The molecule has 2 aliphatic rings. The van der Waals surface area contributed by atoms with E-state index in [4.69, 9.17) is 5.11 Å². The number of carbonyl (C=O) groups excluding carboxylic acids is 1. The second-order valence-electron chi connectivity index (χ2n) is 5.02. The Kier molecular flexibility index (Phi) is 3.46. The summed E-state index contributed by atoms with van der Waals surface area (Å²) < 4.78 is 0. The molecule has 2 N–H and O–H groups in total. The topological polar surface area (TPSA) is 66.4 Å². The van der Waals surface area contributed by atoms with Gasteiger partial charge in [-0.15, -0.1) is 0 Å². The van der Waals surface area contributed by atoms with E-state index >= 15 is 0 Å². The van der Waals surface area contributed by atoms with Crippen LogP contribution in [-0.4, -0.2) is 23.5 Å². The van der Waals surface area contributed by atoms with E-state index in [0.29, 0.717) is 12.3 Å². The molecule has 0 aromatic rings. The zero-order valence-electron chi connectivity index (χ0n) is 9.45. The Balaban J connectivity index is 1.80. The molecule has 2 aliphatic carbocycles. The molecule has 2 atom stereocenters. The van der Waals surface area contributed by atoms with Crippen LogP contribution in [0.25, 0.3) is 0 Å². The average Bonchev–Trinajstić information content (AvgIpc) is 2.63. The van der Waals surface area contributed by atoms with Gasteiger partial charge in [-0.1, -0.05) is 12.8 Å². The van der Waals surface area contributed by atoms with Crippen LogP contribution in [0.5, 0.6) is 0 Å². The van der Waals surface area contributed by atoms with Crippen LogP contribution in [0.1, 0.15) is 38.5 Å². The molecule has 0 saturated heterocycles. The quantitative estimate of drug-likeness (QED) is 0.760. The van der Waals surface area contributed by atoms with Gasteiger partial charge in [-0.3, -0.25) is 9.59 Å². The van der Waals surface area contributed by atoms with Crippen molar-refractivity contribution in [3.8, 4) is 0 Å². The lowest BCUT2D eigenvalue weighted by atomic mass is 9.85. The normalized spacial score (nSPS) is 29.8. The smallest absolute Gasteiger partial charge is 0.307 e. The molecule has 2 saturated carbocycles. The van der Waals surface area contributed by atoms with E-state index in [0.717, 1.165) is 19.4 Å². The summed E-state index contributed by atoms with van der Waals surface area (Å²) in [5.41, 5.74) is 0. The van der Waals surface area contributed by atoms with Crippen molar-refractivity contribution in [3.63, 3.8) is 0 Å². The van der Waals surface area contributed by atoms with Crippen molar-refractivity contribution in [2.75, 3.05) is 6.54 Å². The number of carboxylic acids is 1. The Hall–Kier alpha value is -1.06. The molecule has 0 radical (unpaired) electrons. The first-order chi connectivity index (χ1) is 7.68. The van der Waals surface area contributed by atoms with Crippen LogP contribution < -0.4 is 5.32 Å². The van der Waals surface area contributed by atoms with Crippen LogP contribution in [0.15, 0.2) is 0 Å². The predicted octanol–water partition coefficient (Wildman–Crippen LogP) is 1.40. The summed E-state index contributed by atoms with van der Waals surface area (Å²) in [5, 5.41) is 11.9. The molecule has 2 rings (SSSR count). The molecule has 0 aliphatic heterocycles. The van der Waals surface area contributed by atoms with E-state index in [1.54, 1.807) is 0 Å². The maximum absolute atomic E-state index is 11.8. The van der Waals surface area contributed by atoms with Gasteiger partial charge in [0.2, 0.25) is 5.91 Å². The molecule has 16 heavy (non-hydrogen) atoms. The molecule has 0 bridgehead atoms. The fraction of sp³-hybridized carbons (Fsp3) is 0.833. The molecular weight excluding hydrogens is 206 g/mol. The zero-order chi connectivity index (χ0) is 11.5. The molecule has 4 heteroatoms. The van der Waals surface area contributed by atoms with Gasteiger partial charge in [-0.25, -0.2) is 0 Å². The van der Waals surface area contributed by atoms with Crippen molar-refractivity contribution >= 4 is 11.9 Å². The lowest BCUT2D eigenvalue weighted by Crippen LogP contribution is -2.38. The van der Waals surface area contributed by atoms with Crippen molar-refractivity contribution < 1.29 is 14.7 Å². The van der Waals surface area contributed by atoms with Crippen LogP contribution in [-0.2, 0) is 9.59 Å². The highest BCUT2D eigenvalue weighted by Gasteiger charge is 2.37. The highest BCUT2D eigenvalue weighted by Crippen LogP contribution is 2.32. The van der Waals surface area contributed by atoms with Gasteiger partial charge in [-0.05, 0) is 31.6 Å². The van der Waals surface area contributed by atoms with E-state index in [-0.39, 0.29) is 11.8 Å². The first kappa shape index (κ1) is 11.4. The summed E-state index contributed by atoms with van der Waals surface area (Å²) in [6.45, 7) is 0.738. The van der Waals surface area contributed by atoms with Crippen LogP contribution in [0, 0.1) is 17.8 Å². The molecule has 2 fully saturated rings. The summed E-state index contributed by atoms with van der Waals surface area (Å²) in [6.07, 6.45) is 5.91. The number of rotatable bonds is 4. The molecule has 0 spiro atoms.